The highest BCUT2D eigenvalue weighted by Gasteiger charge is 2.35. The van der Waals surface area contributed by atoms with E-state index in [1.807, 2.05) is 12.1 Å². The molecule has 1 aromatic carbocycles. The minimum atomic E-state index is 0.327. The number of fused-ring (bicyclic) bond motifs is 2. The lowest BCUT2D eigenvalue weighted by molar-refractivity contribution is 0.164. The van der Waals surface area contributed by atoms with Gasteiger partial charge < -0.3 is 15.2 Å². The number of rotatable bonds is 4. The molecule has 2 bridgehead atoms. The van der Waals surface area contributed by atoms with Crippen LogP contribution in [-0.4, -0.2) is 42.3 Å². The third-order valence-electron chi connectivity index (χ3n) is 4.78. The monoisotopic (exact) mass is 276 g/mol. The first-order chi connectivity index (χ1) is 9.65. The van der Waals surface area contributed by atoms with Gasteiger partial charge in [0, 0.05) is 36.3 Å². The minimum Gasteiger partial charge on any atom is -0.507 e. The van der Waals surface area contributed by atoms with E-state index in [9.17, 15) is 5.11 Å². The Morgan fingerprint density at radius 2 is 2.00 bits per heavy atom. The van der Waals surface area contributed by atoms with Crippen LogP contribution in [0.2, 0.25) is 0 Å². The van der Waals surface area contributed by atoms with Crippen LogP contribution in [0, 0.1) is 0 Å². The van der Waals surface area contributed by atoms with E-state index in [0.29, 0.717) is 29.6 Å². The second-order valence-corrected chi connectivity index (χ2v) is 6.17. The summed E-state index contributed by atoms with van der Waals surface area (Å²) in [5.41, 5.74) is 0.971. The molecule has 0 radical (unpaired) electrons. The SMILES string of the molecule is COc1ccc(CN(C)C2CC3CCC(C2)N3)c(O)c1. The maximum atomic E-state index is 10.1. The van der Waals surface area contributed by atoms with Gasteiger partial charge in [-0.3, -0.25) is 4.90 Å². The molecule has 4 nitrogen and oxygen atoms in total. The fourth-order valence-corrected chi connectivity index (χ4v) is 3.59. The molecule has 0 aromatic heterocycles. The Hall–Kier alpha value is -1.26. The molecule has 2 aliphatic rings. The van der Waals surface area contributed by atoms with Gasteiger partial charge in [-0.2, -0.15) is 0 Å². The summed E-state index contributed by atoms with van der Waals surface area (Å²) in [5.74, 6) is 1.03. The summed E-state index contributed by atoms with van der Waals surface area (Å²) in [6.45, 7) is 0.792. The van der Waals surface area contributed by atoms with Crippen molar-refractivity contribution in [1.82, 2.24) is 10.2 Å². The third-order valence-corrected chi connectivity index (χ3v) is 4.78. The summed E-state index contributed by atoms with van der Waals surface area (Å²) < 4.78 is 5.13. The molecule has 110 valence electrons. The van der Waals surface area contributed by atoms with Crippen molar-refractivity contribution >= 4 is 0 Å². The number of methoxy groups -OCH3 is 1. The van der Waals surface area contributed by atoms with Gasteiger partial charge in [0.2, 0.25) is 0 Å². The van der Waals surface area contributed by atoms with Crippen molar-refractivity contribution in [2.45, 2.75) is 50.4 Å². The van der Waals surface area contributed by atoms with E-state index < -0.39 is 0 Å². The fraction of sp³-hybridized carbons (Fsp3) is 0.625. The molecule has 2 fully saturated rings. The van der Waals surface area contributed by atoms with E-state index in [1.165, 1.54) is 25.7 Å². The highest BCUT2D eigenvalue weighted by Crippen LogP contribution is 2.31. The number of phenolic OH excluding ortho intramolecular Hbond substituents is 1. The predicted octanol–water partition coefficient (Wildman–Crippen LogP) is 2.12. The normalized spacial score (nSPS) is 28.9. The molecule has 2 aliphatic heterocycles. The number of piperidine rings is 1. The number of aromatic hydroxyl groups is 1. The smallest absolute Gasteiger partial charge is 0.123 e. The van der Waals surface area contributed by atoms with Crippen molar-refractivity contribution in [1.29, 1.82) is 0 Å². The molecular weight excluding hydrogens is 252 g/mol. The quantitative estimate of drug-likeness (QED) is 0.884. The molecule has 0 aliphatic carbocycles. The van der Waals surface area contributed by atoms with Crippen LogP contribution in [0.1, 0.15) is 31.2 Å². The number of nitrogens with zero attached hydrogens (tertiary/aromatic N) is 1. The summed E-state index contributed by atoms with van der Waals surface area (Å²) in [6.07, 6.45) is 5.10. The summed E-state index contributed by atoms with van der Waals surface area (Å²) in [6, 6.07) is 7.58. The lowest BCUT2D eigenvalue weighted by Gasteiger charge is -2.35. The van der Waals surface area contributed by atoms with Crippen LogP contribution in [-0.2, 0) is 6.54 Å². The molecule has 3 rings (SSSR count). The average molecular weight is 276 g/mol. The number of nitrogens with one attached hydrogen (secondary N) is 1. The molecule has 0 saturated carbocycles. The topological polar surface area (TPSA) is 44.7 Å². The van der Waals surface area contributed by atoms with Gasteiger partial charge in [0.25, 0.3) is 0 Å². The van der Waals surface area contributed by atoms with Crippen molar-refractivity contribution in [3.8, 4) is 11.5 Å². The Labute approximate surface area is 120 Å². The van der Waals surface area contributed by atoms with Crippen LogP contribution in [0.25, 0.3) is 0 Å². The molecule has 2 saturated heterocycles. The molecule has 2 N–H and O–H groups in total. The minimum absolute atomic E-state index is 0.327. The Morgan fingerprint density at radius 1 is 1.30 bits per heavy atom. The summed E-state index contributed by atoms with van der Waals surface area (Å²) in [7, 11) is 3.78. The molecule has 2 atom stereocenters. The number of ether oxygens (including phenoxy) is 1. The maximum absolute atomic E-state index is 10.1. The zero-order valence-electron chi connectivity index (χ0n) is 12.3. The van der Waals surface area contributed by atoms with E-state index >= 15 is 0 Å². The van der Waals surface area contributed by atoms with Crippen LogP contribution in [0.5, 0.6) is 11.5 Å². The molecule has 1 aromatic rings. The largest absolute Gasteiger partial charge is 0.507 e. The number of phenols is 1. The predicted molar refractivity (Wildman–Crippen MR) is 79.1 cm³/mol. The van der Waals surface area contributed by atoms with Gasteiger partial charge in [0.1, 0.15) is 11.5 Å². The first-order valence-electron chi connectivity index (χ1n) is 7.48. The fourth-order valence-electron chi connectivity index (χ4n) is 3.59. The second kappa shape index (κ2) is 5.62. The van der Waals surface area contributed by atoms with Crippen LogP contribution in [0.15, 0.2) is 18.2 Å². The van der Waals surface area contributed by atoms with Crippen molar-refractivity contribution < 1.29 is 9.84 Å². The van der Waals surface area contributed by atoms with Crippen molar-refractivity contribution in [3.05, 3.63) is 23.8 Å². The highest BCUT2D eigenvalue weighted by atomic mass is 16.5. The zero-order chi connectivity index (χ0) is 14.1. The molecule has 0 amide bonds. The van der Waals surface area contributed by atoms with E-state index in [1.54, 1.807) is 13.2 Å². The van der Waals surface area contributed by atoms with Gasteiger partial charge in [-0.15, -0.1) is 0 Å². The number of hydrogen-bond donors (Lipinski definition) is 2. The molecule has 2 unspecified atom stereocenters. The number of benzene rings is 1. The van der Waals surface area contributed by atoms with Gasteiger partial charge in [-0.05, 0) is 38.8 Å². The van der Waals surface area contributed by atoms with Gasteiger partial charge in [0.05, 0.1) is 7.11 Å². The summed E-state index contributed by atoms with van der Waals surface area (Å²) in [4.78, 5) is 2.38. The highest BCUT2D eigenvalue weighted by molar-refractivity contribution is 5.39. The van der Waals surface area contributed by atoms with Crippen LogP contribution in [0.4, 0.5) is 0 Å². The number of hydrogen-bond acceptors (Lipinski definition) is 4. The van der Waals surface area contributed by atoms with Gasteiger partial charge in [-0.1, -0.05) is 6.07 Å². The molecule has 0 spiro atoms. The molecular formula is C16H24N2O2. The van der Waals surface area contributed by atoms with E-state index in [-0.39, 0.29) is 0 Å². The van der Waals surface area contributed by atoms with Gasteiger partial charge >= 0.3 is 0 Å². The Kier molecular flexibility index (Phi) is 3.85. The van der Waals surface area contributed by atoms with Gasteiger partial charge in [-0.25, -0.2) is 0 Å². The second-order valence-electron chi connectivity index (χ2n) is 6.17. The first kappa shape index (κ1) is 13.7. The van der Waals surface area contributed by atoms with Crippen LogP contribution < -0.4 is 10.1 Å². The van der Waals surface area contributed by atoms with Crippen molar-refractivity contribution in [2.75, 3.05) is 14.2 Å². The summed E-state index contributed by atoms with van der Waals surface area (Å²) in [5, 5.41) is 13.7. The van der Waals surface area contributed by atoms with E-state index in [0.717, 1.165) is 12.1 Å². The third kappa shape index (κ3) is 2.76. The molecule has 4 heteroatoms. The van der Waals surface area contributed by atoms with E-state index in [2.05, 4.69) is 17.3 Å². The Bertz CT molecular complexity index is 466. The Balaban J connectivity index is 1.65. The lowest BCUT2D eigenvalue weighted by Crippen LogP contribution is -2.46. The molecule has 2 heterocycles. The van der Waals surface area contributed by atoms with Crippen molar-refractivity contribution in [3.63, 3.8) is 0 Å². The van der Waals surface area contributed by atoms with Gasteiger partial charge in [0.15, 0.2) is 0 Å². The Morgan fingerprint density at radius 3 is 2.60 bits per heavy atom. The summed E-state index contributed by atoms with van der Waals surface area (Å²) >= 11 is 0. The van der Waals surface area contributed by atoms with Crippen molar-refractivity contribution in [2.24, 2.45) is 0 Å². The van der Waals surface area contributed by atoms with E-state index in [4.69, 9.17) is 4.74 Å². The lowest BCUT2D eigenvalue weighted by atomic mass is 9.98. The average Bonchev–Trinajstić information content (AvgIpc) is 2.79. The zero-order valence-corrected chi connectivity index (χ0v) is 12.3. The molecule has 20 heavy (non-hydrogen) atoms. The first-order valence-corrected chi connectivity index (χ1v) is 7.48. The standard InChI is InChI=1S/C16H24N2O2/c1-18(14-7-12-4-5-13(8-14)17-12)10-11-3-6-15(20-2)9-16(11)19/h3,6,9,12-14,17,19H,4-5,7-8,10H2,1-2H3. The van der Waals surface area contributed by atoms with Crippen LogP contribution in [0.3, 0.4) is 0 Å². The maximum Gasteiger partial charge on any atom is 0.123 e. The van der Waals surface area contributed by atoms with Crippen LogP contribution >= 0.6 is 0 Å².